The number of aromatic hydroxyl groups is 3. The average Bonchev–Trinajstić information content (AvgIpc) is 2.56. The van der Waals surface area contributed by atoms with E-state index in [0.717, 1.165) is 5.57 Å². The maximum atomic E-state index is 10.7. The SMILES string of the molecule is C=C(C)/C=C/c1c(OC)cc2c(c1O)Cc1c(O)ccc(O)c1O2. The van der Waals surface area contributed by atoms with Crippen LogP contribution in [0.4, 0.5) is 0 Å². The molecule has 0 aromatic heterocycles. The number of hydrogen-bond acceptors (Lipinski definition) is 5. The van der Waals surface area contributed by atoms with Crippen molar-refractivity contribution in [2.75, 3.05) is 7.11 Å². The lowest BCUT2D eigenvalue weighted by atomic mass is 9.95. The zero-order valence-electron chi connectivity index (χ0n) is 13.5. The van der Waals surface area contributed by atoms with Gasteiger partial charge in [0.1, 0.15) is 23.0 Å². The molecule has 3 rings (SSSR count). The summed E-state index contributed by atoms with van der Waals surface area (Å²) in [6.45, 7) is 5.64. The van der Waals surface area contributed by atoms with Crippen LogP contribution in [0.5, 0.6) is 34.5 Å². The number of phenols is 3. The number of hydrogen-bond donors (Lipinski definition) is 3. The van der Waals surface area contributed by atoms with Crippen LogP contribution in [-0.4, -0.2) is 22.4 Å². The second-order valence-electron chi connectivity index (χ2n) is 5.69. The van der Waals surface area contributed by atoms with Crippen LogP contribution in [0.1, 0.15) is 23.6 Å². The van der Waals surface area contributed by atoms with Crippen LogP contribution >= 0.6 is 0 Å². The molecule has 1 heterocycles. The van der Waals surface area contributed by atoms with Gasteiger partial charge in [0.2, 0.25) is 0 Å². The van der Waals surface area contributed by atoms with Crippen LogP contribution < -0.4 is 9.47 Å². The highest BCUT2D eigenvalue weighted by Crippen LogP contribution is 2.50. The molecule has 124 valence electrons. The standard InChI is InChI=1S/C19H18O5/c1-10(2)4-5-11-16(23-3)9-17-13(18(11)22)8-12-14(20)6-7-15(21)19(12)24-17/h4-7,9,20-22H,1,8H2,2-3H3/b5-4+. The highest BCUT2D eigenvalue weighted by molar-refractivity contribution is 5.73. The maximum absolute atomic E-state index is 10.7. The molecule has 0 bridgehead atoms. The van der Waals surface area contributed by atoms with E-state index in [9.17, 15) is 15.3 Å². The number of ether oxygens (including phenoxy) is 2. The van der Waals surface area contributed by atoms with Gasteiger partial charge >= 0.3 is 0 Å². The van der Waals surface area contributed by atoms with E-state index in [-0.39, 0.29) is 29.4 Å². The van der Waals surface area contributed by atoms with Gasteiger partial charge in [-0.3, -0.25) is 0 Å². The van der Waals surface area contributed by atoms with Gasteiger partial charge in [-0.25, -0.2) is 0 Å². The summed E-state index contributed by atoms with van der Waals surface area (Å²) < 4.78 is 11.0. The second-order valence-corrected chi connectivity index (χ2v) is 5.69. The van der Waals surface area contributed by atoms with E-state index in [1.807, 2.05) is 6.92 Å². The van der Waals surface area contributed by atoms with Gasteiger partial charge in [-0.2, -0.15) is 0 Å². The Bertz CT molecular complexity index is 865. The number of allylic oxidation sites excluding steroid dienone is 2. The van der Waals surface area contributed by atoms with Gasteiger partial charge in [0.15, 0.2) is 11.5 Å². The van der Waals surface area contributed by atoms with Gasteiger partial charge in [-0.1, -0.05) is 18.2 Å². The van der Waals surface area contributed by atoms with Gasteiger partial charge in [0, 0.05) is 23.6 Å². The molecule has 3 N–H and O–H groups in total. The van der Waals surface area contributed by atoms with Crippen molar-refractivity contribution >= 4 is 6.08 Å². The third kappa shape index (κ3) is 2.54. The molecular formula is C19H18O5. The smallest absolute Gasteiger partial charge is 0.176 e. The summed E-state index contributed by atoms with van der Waals surface area (Å²) in [4.78, 5) is 0. The van der Waals surface area contributed by atoms with Crippen LogP contribution in [-0.2, 0) is 6.42 Å². The molecule has 0 spiro atoms. The molecule has 1 aliphatic rings. The largest absolute Gasteiger partial charge is 0.508 e. The molecule has 5 nitrogen and oxygen atoms in total. The molecule has 0 radical (unpaired) electrons. The normalized spacial score (nSPS) is 12.4. The Morgan fingerprint density at radius 2 is 1.92 bits per heavy atom. The Balaban J connectivity index is 2.17. The lowest BCUT2D eigenvalue weighted by Gasteiger charge is -2.24. The first-order valence-electron chi connectivity index (χ1n) is 7.40. The second kappa shape index (κ2) is 5.85. The van der Waals surface area contributed by atoms with E-state index in [2.05, 4.69) is 6.58 Å². The zero-order chi connectivity index (χ0) is 17.4. The summed E-state index contributed by atoms with van der Waals surface area (Å²) in [5.74, 6) is 0.947. The van der Waals surface area contributed by atoms with Gasteiger partial charge in [0.25, 0.3) is 0 Å². The summed E-state index contributed by atoms with van der Waals surface area (Å²) in [7, 11) is 1.50. The van der Waals surface area contributed by atoms with Crippen molar-refractivity contribution in [3.8, 4) is 34.5 Å². The van der Waals surface area contributed by atoms with Crippen LogP contribution in [0, 0.1) is 0 Å². The first kappa shape index (κ1) is 15.8. The number of phenolic OH excluding ortho intramolecular Hbond substituents is 3. The lowest BCUT2D eigenvalue weighted by Crippen LogP contribution is -2.05. The molecule has 0 unspecified atom stereocenters. The summed E-state index contributed by atoms with van der Waals surface area (Å²) in [6.07, 6.45) is 3.72. The molecule has 1 aliphatic heterocycles. The van der Waals surface area contributed by atoms with E-state index in [1.54, 1.807) is 18.2 Å². The maximum Gasteiger partial charge on any atom is 0.176 e. The molecule has 0 aliphatic carbocycles. The van der Waals surface area contributed by atoms with Crippen molar-refractivity contribution in [1.29, 1.82) is 0 Å². The molecule has 5 heteroatoms. The zero-order valence-corrected chi connectivity index (χ0v) is 13.5. The molecule has 0 amide bonds. The minimum atomic E-state index is -0.0711. The molecule has 0 saturated carbocycles. The van der Waals surface area contributed by atoms with Crippen molar-refractivity contribution in [2.45, 2.75) is 13.3 Å². The topological polar surface area (TPSA) is 79.2 Å². The fraction of sp³-hybridized carbons (Fsp3) is 0.158. The van der Waals surface area contributed by atoms with Gasteiger partial charge in [-0.15, -0.1) is 0 Å². The predicted molar refractivity (Wildman–Crippen MR) is 91.2 cm³/mol. The van der Waals surface area contributed by atoms with Crippen LogP contribution in [0.3, 0.4) is 0 Å². The summed E-state index contributed by atoms with van der Waals surface area (Å²) in [5.41, 5.74) is 2.28. The van der Waals surface area contributed by atoms with Crippen molar-refractivity contribution in [1.82, 2.24) is 0 Å². The summed E-state index contributed by atoms with van der Waals surface area (Å²) in [6, 6.07) is 4.41. The monoisotopic (exact) mass is 326 g/mol. The highest BCUT2D eigenvalue weighted by Gasteiger charge is 2.28. The van der Waals surface area contributed by atoms with Crippen molar-refractivity contribution in [3.05, 3.63) is 53.1 Å². The quantitative estimate of drug-likeness (QED) is 0.499. The van der Waals surface area contributed by atoms with Crippen molar-refractivity contribution < 1.29 is 24.8 Å². The third-order valence-electron chi connectivity index (χ3n) is 3.90. The molecule has 24 heavy (non-hydrogen) atoms. The van der Waals surface area contributed by atoms with E-state index in [4.69, 9.17) is 9.47 Å². The molecule has 2 aromatic rings. The van der Waals surface area contributed by atoms with E-state index >= 15 is 0 Å². The minimum Gasteiger partial charge on any atom is -0.508 e. The Morgan fingerprint density at radius 3 is 2.58 bits per heavy atom. The first-order valence-corrected chi connectivity index (χ1v) is 7.40. The first-order chi connectivity index (χ1) is 11.4. The average molecular weight is 326 g/mol. The Labute approximate surface area is 139 Å². The molecule has 2 aromatic carbocycles. The molecule has 0 fully saturated rings. The van der Waals surface area contributed by atoms with E-state index in [0.29, 0.717) is 28.2 Å². The van der Waals surface area contributed by atoms with Gasteiger partial charge in [0.05, 0.1) is 12.7 Å². The van der Waals surface area contributed by atoms with Gasteiger partial charge in [-0.05, 0) is 25.1 Å². The summed E-state index contributed by atoms with van der Waals surface area (Å²) >= 11 is 0. The number of benzene rings is 2. The summed E-state index contributed by atoms with van der Waals surface area (Å²) in [5, 5.41) is 30.6. The van der Waals surface area contributed by atoms with Crippen molar-refractivity contribution in [3.63, 3.8) is 0 Å². The fourth-order valence-corrected chi connectivity index (χ4v) is 2.67. The Morgan fingerprint density at radius 1 is 1.21 bits per heavy atom. The molecule has 0 atom stereocenters. The third-order valence-corrected chi connectivity index (χ3v) is 3.90. The number of methoxy groups -OCH3 is 1. The predicted octanol–water partition coefficient (Wildman–Crippen LogP) is 4.10. The van der Waals surface area contributed by atoms with E-state index in [1.165, 1.54) is 19.2 Å². The van der Waals surface area contributed by atoms with E-state index < -0.39 is 0 Å². The lowest BCUT2D eigenvalue weighted by molar-refractivity contribution is 0.371. The van der Waals surface area contributed by atoms with Crippen LogP contribution in [0.2, 0.25) is 0 Å². The Hall–Kier alpha value is -3.08. The van der Waals surface area contributed by atoms with Crippen LogP contribution in [0.25, 0.3) is 6.08 Å². The minimum absolute atomic E-state index is 0.00250. The number of fused-ring (bicyclic) bond motifs is 2. The van der Waals surface area contributed by atoms with Crippen LogP contribution in [0.15, 0.2) is 36.4 Å². The van der Waals surface area contributed by atoms with Crippen molar-refractivity contribution in [2.24, 2.45) is 0 Å². The fourth-order valence-electron chi connectivity index (χ4n) is 2.67. The Kier molecular flexibility index (Phi) is 3.85. The highest BCUT2D eigenvalue weighted by atomic mass is 16.5. The van der Waals surface area contributed by atoms with Gasteiger partial charge < -0.3 is 24.8 Å². The number of rotatable bonds is 3. The molecular weight excluding hydrogens is 308 g/mol. The molecule has 0 saturated heterocycles.